The Morgan fingerprint density at radius 2 is 1.88 bits per heavy atom. The monoisotopic (exact) mass is 118 g/mol. The zero-order chi connectivity index (χ0) is 6.57. The quantitative estimate of drug-likeness (QED) is 0.453. The second-order valence-corrected chi connectivity index (χ2v) is 2.55. The summed E-state index contributed by atoms with van der Waals surface area (Å²) in [6.07, 6.45) is 0.895. The molecule has 0 aromatic carbocycles. The van der Waals surface area contributed by atoms with Crippen LogP contribution < -0.4 is 0 Å². The minimum absolute atomic E-state index is 0.0185. The molecule has 1 N–H and O–H groups in total. The average Bonchev–Trinajstić information content (AvgIpc) is 1.65. The maximum Gasteiger partial charge on any atom is 0.0901 e. The predicted molar refractivity (Wildman–Crippen MR) is 32.6 cm³/mol. The van der Waals surface area contributed by atoms with Gasteiger partial charge in [0, 0.05) is 0 Å². The molecule has 0 rings (SSSR count). The van der Waals surface area contributed by atoms with Crippen LogP contribution in [0.4, 0.5) is 0 Å². The van der Waals surface area contributed by atoms with Crippen molar-refractivity contribution in [3.63, 3.8) is 0 Å². The van der Waals surface area contributed by atoms with Gasteiger partial charge in [-0.3, -0.25) is 5.26 Å². The van der Waals surface area contributed by atoms with Crippen molar-refractivity contribution < 1.29 is 10.1 Å². The molecule has 0 heterocycles. The summed E-state index contributed by atoms with van der Waals surface area (Å²) >= 11 is 0. The van der Waals surface area contributed by atoms with Gasteiger partial charge in [0.15, 0.2) is 0 Å². The summed E-state index contributed by atoms with van der Waals surface area (Å²) in [7, 11) is 0. The normalized spacial score (nSPS) is 14.6. The lowest BCUT2D eigenvalue weighted by molar-refractivity contribution is -0.276. The summed E-state index contributed by atoms with van der Waals surface area (Å²) in [5, 5.41) is 8.08. The summed E-state index contributed by atoms with van der Waals surface area (Å²) in [6, 6.07) is 0. The summed E-state index contributed by atoms with van der Waals surface area (Å²) < 4.78 is 0. The fourth-order valence-corrected chi connectivity index (χ4v) is 0.707. The summed E-state index contributed by atoms with van der Waals surface area (Å²) in [5.74, 6) is 0.595. The van der Waals surface area contributed by atoms with E-state index in [0.717, 1.165) is 6.42 Å². The Hall–Kier alpha value is -0.0800. The largest absolute Gasteiger partial charge is 0.252 e. The van der Waals surface area contributed by atoms with Gasteiger partial charge < -0.3 is 0 Å². The molecule has 0 aliphatic heterocycles. The molecule has 0 fully saturated rings. The highest BCUT2D eigenvalue weighted by molar-refractivity contribution is 4.50. The van der Waals surface area contributed by atoms with E-state index in [4.69, 9.17) is 5.26 Å². The van der Waals surface area contributed by atoms with Crippen molar-refractivity contribution in [2.75, 3.05) is 0 Å². The van der Waals surface area contributed by atoms with E-state index in [1.807, 2.05) is 6.92 Å². The lowest BCUT2D eigenvalue weighted by Gasteiger charge is -2.08. The SMILES string of the molecule is CC(C)CC(C)OO. The Balaban J connectivity index is 3.10. The lowest BCUT2D eigenvalue weighted by atomic mass is 10.1. The molecule has 8 heavy (non-hydrogen) atoms. The second-order valence-electron chi connectivity index (χ2n) is 2.55. The third kappa shape index (κ3) is 4.09. The molecule has 0 aliphatic carbocycles. The molecule has 0 bridgehead atoms. The van der Waals surface area contributed by atoms with Crippen LogP contribution in [-0.4, -0.2) is 11.4 Å². The number of hydrogen-bond donors (Lipinski definition) is 1. The Bertz CT molecular complexity index is 52.5. The van der Waals surface area contributed by atoms with Gasteiger partial charge in [-0.2, -0.15) is 0 Å². The van der Waals surface area contributed by atoms with Crippen molar-refractivity contribution in [1.29, 1.82) is 0 Å². The highest BCUT2D eigenvalue weighted by Crippen LogP contribution is 2.05. The summed E-state index contributed by atoms with van der Waals surface area (Å²) in [5.41, 5.74) is 0. The van der Waals surface area contributed by atoms with Crippen molar-refractivity contribution in [2.45, 2.75) is 33.3 Å². The zero-order valence-corrected chi connectivity index (χ0v) is 5.72. The first kappa shape index (κ1) is 7.92. The van der Waals surface area contributed by atoms with E-state index in [9.17, 15) is 0 Å². The van der Waals surface area contributed by atoms with Gasteiger partial charge in [0.1, 0.15) is 0 Å². The van der Waals surface area contributed by atoms with Crippen LogP contribution in [0.25, 0.3) is 0 Å². The van der Waals surface area contributed by atoms with Gasteiger partial charge in [-0.05, 0) is 19.3 Å². The van der Waals surface area contributed by atoms with Crippen LogP contribution in [0.2, 0.25) is 0 Å². The van der Waals surface area contributed by atoms with Crippen molar-refractivity contribution in [2.24, 2.45) is 5.92 Å². The number of hydrogen-bond acceptors (Lipinski definition) is 2. The van der Waals surface area contributed by atoms with Gasteiger partial charge in [-0.1, -0.05) is 13.8 Å². The first-order chi connectivity index (χ1) is 3.66. The van der Waals surface area contributed by atoms with E-state index in [0.29, 0.717) is 5.92 Å². The lowest BCUT2D eigenvalue weighted by Crippen LogP contribution is -2.08. The van der Waals surface area contributed by atoms with Gasteiger partial charge in [0.05, 0.1) is 6.10 Å². The fourth-order valence-electron chi connectivity index (χ4n) is 0.707. The topological polar surface area (TPSA) is 29.5 Å². The molecular formula is C6H14O2. The predicted octanol–water partition coefficient (Wildman–Crippen LogP) is 1.91. The molecule has 0 aliphatic rings. The van der Waals surface area contributed by atoms with Crippen molar-refractivity contribution >= 4 is 0 Å². The molecule has 50 valence electrons. The Kier molecular flexibility index (Phi) is 3.83. The number of rotatable bonds is 3. The molecule has 0 saturated carbocycles. The molecular weight excluding hydrogens is 104 g/mol. The van der Waals surface area contributed by atoms with Crippen molar-refractivity contribution in [3.8, 4) is 0 Å². The smallest absolute Gasteiger partial charge is 0.0901 e. The molecule has 1 unspecified atom stereocenters. The van der Waals surface area contributed by atoms with Gasteiger partial charge in [0.2, 0.25) is 0 Å². The first-order valence-corrected chi connectivity index (χ1v) is 2.97. The van der Waals surface area contributed by atoms with E-state index in [1.54, 1.807) is 0 Å². The fraction of sp³-hybridized carbons (Fsp3) is 1.00. The van der Waals surface area contributed by atoms with Crippen LogP contribution >= 0.6 is 0 Å². The zero-order valence-electron chi connectivity index (χ0n) is 5.72. The van der Waals surface area contributed by atoms with Crippen LogP contribution in [0.15, 0.2) is 0 Å². The first-order valence-electron chi connectivity index (χ1n) is 2.97. The van der Waals surface area contributed by atoms with Crippen LogP contribution in [-0.2, 0) is 4.89 Å². The van der Waals surface area contributed by atoms with Crippen LogP contribution in [0.5, 0.6) is 0 Å². The van der Waals surface area contributed by atoms with Crippen molar-refractivity contribution in [3.05, 3.63) is 0 Å². The minimum Gasteiger partial charge on any atom is -0.252 e. The van der Waals surface area contributed by atoms with Gasteiger partial charge in [-0.25, -0.2) is 4.89 Å². The Morgan fingerprint density at radius 3 is 2.00 bits per heavy atom. The standard InChI is InChI=1S/C6H14O2/c1-5(2)4-6(3)8-7/h5-7H,4H2,1-3H3. The Labute approximate surface area is 50.4 Å². The van der Waals surface area contributed by atoms with E-state index in [-0.39, 0.29) is 6.10 Å². The maximum atomic E-state index is 8.08. The molecule has 1 atom stereocenters. The van der Waals surface area contributed by atoms with Crippen LogP contribution in [0, 0.1) is 5.92 Å². The molecule has 0 saturated heterocycles. The summed E-state index contributed by atoms with van der Waals surface area (Å²) in [4.78, 5) is 4.06. The minimum atomic E-state index is -0.0185. The maximum absolute atomic E-state index is 8.08. The molecule has 0 aromatic heterocycles. The highest BCUT2D eigenvalue weighted by Gasteiger charge is 2.02. The summed E-state index contributed by atoms with van der Waals surface area (Å²) in [6.45, 7) is 6.03. The third-order valence-electron chi connectivity index (χ3n) is 0.983. The molecule has 0 aromatic rings. The van der Waals surface area contributed by atoms with Crippen molar-refractivity contribution in [1.82, 2.24) is 0 Å². The molecule has 0 amide bonds. The van der Waals surface area contributed by atoms with E-state index in [1.165, 1.54) is 0 Å². The average molecular weight is 118 g/mol. The molecule has 2 heteroatoms. The molecule has 0 radical (unpaired) electrons. The van der Waals surface area contributed by atoms with E-state index >= 15 is 0 Å². The highest BCUT2D eigenvalue weighted by atomic mass is 17.1. The Morgan fingerprint density at radius 1 is 1.38 bits per heavy atom. The molecule has 0 spiro atoms. The third-order valence-corrected chi connectivity index (χ3v) is 0.983. The van der Waals surface area contributed by atoms with Gasteiger partial charge in [-0.15, -0.1) is 0 Å². The van der Waals surface area contributed by atoms with E-state index < -0.39 is 0 Å². The van der Waals surface area contributed by atoms with Crippen LogP contribution in [0.1, 0.15) is 27.2 Å². The van der Waals surface area contributed by atoms with Gasteiger partial charge in [0.25, 0.3) is 0 Å². The van der Waals surface area contributed by atoms with Gasteiger partial charge >= 0.3 is 0 Å². The molecule has 2 nitrogen and oxygen atoms in total. The second kappa shape index (κ2) is 3.87. The van der Waals surface area contributed by atoms with E-state index in [2.05, 4.69) is 18.7 Å². The van der Waals surface area contributed by atoms with Crippen LogP contribution in [0.3, 0.4) is 0 Å².